The van der Waals surface area contributed by atoms with Gasteiger partial charge in [-0.15, -0.1) is 0 Å². The van der Waals surface area contributed by atoms with E-state index in [1.165, 1.54) is 11.3 Å². The Labute approximate surface area is 225 Å². The predicted molar refractivity (Wildman–Crippen MR) is 141 cm³/mol. The monoisotopic (exact) mass is 538 g/mol. The molecule has 5 N–H and O–H groups in total. The normalized spacial score (nSPS) is 18.2. The van der Waals surface area contributed by atoms with Crippen LogP contribution in [0.1, 0.15) is 90.4 Å². The van der Waals surface area contributed by atoms with Crippen LogP contribution in [0, 0.1) is 11.8 Å². The number of amides is 3. The van der Waals surface area contributed by atoms with E-state index in [0.717, 1.165) is 64.5 Å². The van der Waals surface area contributed by atoms with Crippen molar-refractivity contribution in [1.82, 2.24) is 20.9 Å². The third kappa shape index (κ3) is 11.8. The van der Waals surface area contributed by atoms with Crippen LogP contribution in [-0.2, 0) is 24.0 Å². The summed E-state index contributed by atoms with van der Waals surface area (Å²) >= 11 is 0. The Kier molecular flexibility index (Phi) is 14.1. The topological polar surface area (TPSA) is 165 Å². The molecule has 38 heavy (non-hydrogen) atoms. The molecule has 2 atom stereocenters. The number of carbonyl (C=O) groups excluding carboxylic acids is 3. The highest BCUT2D eigenvalue weighted by Crippen LogP contribution is 2.27. The van der Waals surface area contributed by atoms with E-state index < -0.39 is 42.3 Å². The van der Waals surface area contributed by atoms with Gasteiger partial charge in [0.05, 0.1) is 13.0 Å². The first-order valence-corrected chi connectivity index (χ1v) is 14.2. The Bertz CT molecular complexity index is 794. The van der Waals surface area contributed by atoms with E-state index >= 15 is 0 Å². The summed E-state index contributed by atoms with van der Waals surface area (Å²) in [4.78, 5) is 62.7. The van der Waals surface area contributed by atoms with Crippen LogP contribution in [0.4, 0.5) is 0 Å². The molecule has 0 bridgehead atoms. The quantitative estimate of drug-likeness (QED) is 0.199. The highest BCUT2D eigenvalue weighted by atomic mass is 16.4. The molecule has 1 saturated carbocycles. The van der Waals surface area contributed by atoms with Gasteiger partial charge >= 0.3 is 11.9 Å². The van der Waals surface area contributed by atoms with Crippen LogP contribution in [-0.4, -0.2) is 83.0 Å². The summed E-state index contributed by atoms with van der Waals surface area (Å²) in [5.74, 6) is -3.14. The minimum atomic E-state index is -1.44. The van der Waals surface area contributed by atoms with Gasteiger partial charge in [0.25, 0.3) is 0 Å². The van der Waals surface area contributed by atoms with Gasteiger partial charge in [0.15, 0.2) is 0 Å². The Morgan fingerprint density at radius 3 is 2.16 bits per heavy atom. The molecular weight excluding hydrogens is 492 g/mol. The largest absolute Gasteiger partial charge is 0.481 e. The summed E-state index contributed by atoms with van der Waals surface area (Å²) in [7, 11) is 0. The first-order chi connectivity index (χ1) is 18.2. The molecule has 2 rings (SSSR count). The van der Waals surface area contributed by atoms with Gasteiger partial charge in [-0.1, -0.05) is 32.1 Å². The summed E-state index contributed by atoms with van der Waals surface area (Å²) in [6, 6.07) is -2.60. The van der Waals surface area contributed by atoms with E-state index in [-0.39, 0.29) is 18.9 Å². The van der Waals surface area contributed by atoms with E-state index in [1.807, 2.05) is 0 Å². The van der Waals surface area contributed by atoms with Crippen molar-refractivity contribution in [3.8, 4) is 0 Å². The molecule has 2 fully saturated rings. The summed E-state index contributed by atoms with van der Waals surface area (Å²) in [5.41, 5.74) is 0. The Morgan fingerprint density at radius 1 is 0.895 bits per heavy atom. The Morgan fingerprint density at radius 2 is 1.55 bits per heavy atom. The summed E-state index contributed by atoms with van der Waals surface area (Å²) in [6.07, 6.45) is 9.97. The summed E-state index contributed by atoms with van der Waals surface area (Å²) in [6.45, 7) is 3.76. The van der Waals surface area contributed by atoms with Gasteiger partial charge in [-0.2, -0.15) is 0 Å². The number of rotatable bonds is 16. The van der Waals surface area contributed by atoms with Gasteiger partial charge in [-0.05, 0) is 70.4 Å². The van der Waals surface area contributed by atoms with Crippen LogP contribution < -0.4 is 16.0 Å². The average Bonchev–Trinajstić information content (AvgIpc) is 2.89. The lowest BCUT2D eigenvalue weighted by molar-refractivity contribution is -0.144. The molecule has 0 radical (unpaired) electrons. The van der Waals surface area contributed by atoms with Crippen molar-refractivity contribution in [3.63, 3.8) is 0 Å². The van der Waals surface area contributed by atoms with Crippen LogP contribution in [0.2, 0.25) is 0 Å². The molecule has 3 amide bonds. The number of carbonyl (C=O) groups is 5. The molecule has 2 aliphatic rings. The predicted octanol–water partition coefficient (Wildman–Crippen LogP) is 1.89. The Hall–Kier alpha value is -2.69. The maximum absolute atomic E-state index is 12.8. The third-order valence-corrected chi connectivity index (χ3v) is 7.76. The standard InChI is InChI=1S/C27H46N4O7/c1-2-31(24(33)10-6-9-20-13-15-28-16-14-20)18-23(32)29-22(17-25(34)35)26(36)30-21(27(37)38)12-11-19-7-4-3-5-8-19/h19-22,28H,2-18H2,1H3,(H,29,32)(H,30,36)(H,34,35)(H,37,38). The molecule has 1 heterocycles. The summed E-state index contributed by atoms with van der Waals surface area (Å²) < 4.78 is 0. The Balaban J connectivity index is 1.86. The molecule has 0 aromatic heterocycles. The molecule has 0 spiro atoms. The van der Waals surface area contributed by atoms with Gasteiger partial charge in [0.1, 0.15) is 12.1 Å². The number of piperidine rings is 1. The molecule has 1 aliphatic heterocycles. The van der Waals surface area contributed by atoms with Crippen molar-refractivity contribution in [3.05, 3.63) is 0 Å². The second-order valence-corrected chi connectivity index (χ2v) is 10.7. The second kappa shape index (κ2) is 17.0. The molecule has 11 heteroatoms. The van der Waals surface area contributed by atoms with Crippen molar-refractivity contribution < 1.29 is 34.2 Å². The fourth-order valence-electron chi connectivity index (χ4n) is 5.45. The third-order valence-electron chi connectivity index (χ3n) is 7.76. The molecule has 11 nitrogen and oxygen atoms in total. The van der Waals surface area contributed by atoms with E-state index in [2.05, 4.69) is 16.0 Å². The number of hydrogen-bond donors (Lipinski definition) is 5. The molecule has 0 aromatic carbocycles. The van der Waals surface area contributed by atoms with Crippen LogP contribution in [0.3, 0.4) is 0 Å². The lowest BCUT2D eigenvalue weighted by atomic mass is 9.85. The first kappa shape index (κ1) is 31.5. The van der Waals surface area contributed by atoms with E-state index in [4.69, 9.17) is 0 Å². The number of aliphatic carboxylic acids is 2. The molecule has 1 saturated heterocycles. The van der Waals surface area contributed by atoms with Gasteiger partial charge in [0, 0.05) is 13.0 Å². The number of likely N-dealkylation sites (N-methyl/N-ethyl adjacent to an activating group) is 1. The maximum Gasteiger partial charge on any atom is 0.326 e. The van der Waals surface area contributed by atoms with Crippen LogP contribution >= 0.6 is 0 Å². The maximum atomic E-state index is 12.8. The van der Waals surface area contributed by atoms with Crippen molar-refractivity contribution in [2.45, 2.75) is 102 Å². The fourth-order valence-corrected chi connectivity index (χ4v) is 5.45. The van der Waals surface area contributed by atoms with Gasteiger partial charge in [-0.3, -0.25) is 19.2 Å². The lowest BCUT2D eigenvalue weighted by Crippen LogP contribution is -2.54. The fraction of sp³-hybridized carbons (Fsp3) is 0.815. The zero-order chi connectivity index (χ0) is 27.9. The number of hydrogen-bond acceptors (Lipinski definition) is 6. The number of carboxylic acids is 2. The lowest BCUT2D eigenvalue weighted by Gasteiger charge is -2.25. The molecule has 2 unspecified atom stereocenters. The second-order valence-electron chi connectivity index (χ2n) is 10.7. The molecular formula is C27H46N4O7. The van der Waals surface area contributed by atoms with Gasteiger partial charge < -0.3 is 31.1 Å². The highest BCUT2D eigenvalue weighted by molar-refractivity contribution is 5.94. The van der Waals surface area contributed by atoms with Crippen LogP contribution in [0.25, 0.3) is 0 Å². The number of nitrogens with zero attached hydrogens (tertiary/aromatic N) is 1. The number of nitrogens with one attached hydrogen (secondary N) is 3. The minimum Gasteiger partial charge on any atom is -0.481 e. The van der Waals surface area contributed by atoms with Crippen LogP contribution in [0.5, 0.6) is 0 Å². The SMILES string of the molecule is CCN(CC(=O)NC(CC(=O)O)C(=O)NC(CCC1CCCCC1)C(=O)O)C(=O)CCCC1CCNCC1. The molecule has 1 aliphatic carbocycles. The summed E-state index contributed by atoms with van der Waals surface area (Å²) in [5, 5.41) is 27.0. The van der Waals surface area contributed by atoms with Crippen molar-refractivity contribution in [2.24, 2.45) is 11.8 Å². The average molecular weight is 539 g/mol. The first-order valence-electron chi connectivity index (χ1n) is 14.2. The zero-order valence-electron chi connectivity index (χ0n) is 22.7. The highest BCUT2D eigenvalue weighted by Gasteiger charge is 2.29. The van der Waals surface area contributed by atoms with Crippen LogP contribution in [0.15, 0.2) is 0 Å². The van der Waals surface area contributed by atoms with Crippen molar-refractivity contribution >= 4 is 29.7 Å². The van der Waals surface area contributed by atoms with E-state index in [1.54, 1.807) is 6.92 Å². The van der Waals surface area contributed by atoms with Crippen molar-refractivity contribution in [2.75, 3.05) is 26.2 Å². The zero-order valence-corrected chi connectivity index (χ0v) is 22.7. The van der Waals surface area contributed by atoms with Crippen molar-refractivity contribution in [1.29, 1.82) is 0 Å². The number of carboxylic acid groups (broad SMARTS) is 2. The smallest absolute Gasteiger partial charge is 0.326 e. The molecule has 0 aromatic rings. The van der Waals surface area contributed by atoms with Gasteiger partial charge in [0.2, 0.25) is 17.7 Å². The van der Waals surface area contributed by atoms with Gasteiger partial charge in [-0.25, -0.2) is 4.79 Å². The minimum absolute atomic E-state index is 0.163. The molecule has 216 valence electrons. The van der Waals surface area contributed by atoms with E-state index in [9.17, 15) is 34.2 Å². The van der Waals surface area contributed by atoms with E-state index in [0.29, 0.717) is 31.2 Å².